The van der Waals surface area contributed by atoms with Crippen molar-refractivity contribution in [1.29, 1.82) is 0 Å². The summed E-state index contributed by atoms with van der Waals surface area (Å²) in [5.41, 5.74) is 2.25. The van der Waals surface area contributed by atoms with Crippen molar-refractivity contribution in [2.24, 2.45) is 0 Å². The summed E-state index contributed by atoms with van der Waals surface area (Å²) >= 11 is 0. The second-order valence-electron chi connectivity index (χ2n) is 4.69. The lowest BCUT2D eigenvalue weighted by Crippen LogP contribution is -2.25. The standard InChI is InChI=1S/C13H21NO3S2/c1-11-4-6-12(7-5-11)13(14-2)10-18(15)8-9-19(3,16)17/h4-7,13-14H,8-10H2,1-3H3. The molecule has 4 nitrogen and oxygen atoms in total. The van der Waals surface area contributed by atoms with Gasteiger partial charge in [-0.15, -0.1) is 0 Å². The van der Waals surface area contributed by atoms with Crippen LogP contribution in [0.2, 0.25) is 0 Å². The van der Waals surface area contributed by atoms with E-state index in [9.17, 15) is 12.6 Å². The molecule has 6 heteroatoms. The van der Waals surface area contributed by atoms with Crippen LogP contribution in [0.1, 0.15) is 17.2 Å². The Balaban J connectivity index is 2.62. The third kappa shape index (κ3) is 6.31. The van der Waals surface area contributed by atoms with E-state index >= 15 is 0 Å². The average Bonchev–Trinajstić information content (AvgIpc) is 2.34. The van der Waals surface area contributed by atoms with E-state index in [1.807, 2.05) is 38.2 Å². The SMILES string of the molecule is CNC(CS(=O)CCS(C)(=O)=O)c1ccc(C)cc1. The van der Waals surface area contributed by atoms with E-state index in [0.29, 0.717) is 5.75 Å². The number of aryl methyl sites for hydroxylation is 1. The molecule has 0 spiro atoms. The zero-order valence-corrected chi connectivity index (χ0v) is 13.2. The summed E-state index contributed by atoms with van der Waals surface area (Å²) in [6.07, 6.45) is 1.17. The fourth-order valence-corrected chi connectivity index (χ4v) is 4.51. The second kappa shape index (κ2) is 7.17. The highest BCUT2D eigenvalue weighted by Crippen LogP contribution is 2.14. The lowest BCUT2D eigenvalue weighted by Gasteiger charge is -2.16. The van der Waals surface area contributed by atoms with Crippen molar-refractivity contribution in [3.8, 4) is 0 Å². The molecule has 0 aromatic heterocycles. The fourth-order valence-electron chi connectivity index (χ4n) is 1.66. The van der Waals surface area contributed by atoms with Gasteiger partial charge in [-0.3, -0.25) is 4.21 Å². The van der Waals surface area contributed by atoms with Crippen molar-refractivity contribution in [3.63, 3.8) is 0 Å². The van der Waals surface area contributed by atoms with Crippen LogP contribution >= 0.6 is 0 Å². The Labute approximate surface area is 118 Å². The summed E-state index contributed by atoms with van der Waals surface area (Å²) in [4.78, 5) is 0. The van der Waals surface area contributed by atoms with Crippen molar-refractivity contribution < 1.29 is 12.6 Å². The molecule has 0 radical (unpaired) electrons. The summed E-state index contributed by atoms with van der Waals surface area (Å²) in [5.74, 6) is 0.599. The van der Waals surface area contributed by atoms with E-state index in [4.69, 9.17) is 0 Å². The summed E-state index contributed by atoms with van der Waals surface area (Å²) in [5, 5.41) is 3.12. The molecule has 1 rings (SSSR count). The third-order valence-corrected chi connectivity index (χ3v) is 5.43. The Bertz CT molecular complexity index is 523. The van der Waals surface area contributed by atoms with E-state index in [-0.39, 0.29) is 17.5 Å². The molecule has 0 saturated carbocycles. The predicted molar refractivity (Wildman–Crippen MR) is 80.6 cm³/mol. The van der Waals surface area contributed by atoms with E-state index in [1.54, 1.807) is 0 Å². The maximum absolute atomic E-state index is 11.9. The van der Waals surface area contributed by atoms with Gasteiger partial charge in [-0.25, -0.2) is 8.42 Å². The van der Waals surface area contributed by atoms with Gasteiger partial charge in [-0.05, 0) is 19.5 Å². The highest BCUT2D eigenvalue weighted by molar-refractivity contribution is 7.92. The summed E-state index contributed by atoms with van der Waals surface area (Å²) in [7, 11) is -2.37. The number of nitrogens with one attached hydrogen (secondary N) is 1. The van der Waals surface area contributed by atoms with E-state index in [1.165, 1.54) is 11.8 Å². The van der Waals surface area contributed by atoms with Crippen LogP contribution in [0.4, 0.5) is 0 Å². The number of hydrogen-bond acceptors (Lipinski definition) is 4. The molecule has 0 aliphatic heterocycles. The van der Waals surface area contributed by atoms with Gasteiger partial charge in [0.15, 0.2) is 0 Å². The van der Waals surface area contributed by atoms with Crippen LogP contribution in [0.15, 0.2) is 24.3 Å². The lowest BCUT2D eigenvalue weighted by atomic mass is 10.1. The van der Waals surface area contributed by atoms with Gasteiger partial charge in [0.1, 0.15) is 9.84 Å². The van der Waals surface area contributed by atoms with Gasteiger partial charge in [-0.2, -0.15) is 0 Å². The Morgan fingerprint density at radius 2 is 1.84 bits per heavy atom. The van der Waals surface area contributed by atoms with Gasteiger partial charge in [0.05, 0.1) is 5.75 Å². The summed E-state index contributed by atoms with van der Waals surface area (Å²) in [6.45, 7) is 2.02. The molecule has 2 atom stereocenters. The Kier molecular flexibility index (Phi) is 6.16. The summed E-state index contributed by atoms with van der Waals surface area (Å²) in [6, 6.07) is 8.02. The number of sulfone groups is 1. The Morgan fingerprint density at radius 3 is 2.32 bits per heavy atom. The van der Waals surface area contributed by atoms with Gasteiger partial charge in [0, 0.05) is 34.6 Å². The maximum Gasteiger partial charge on any atom is 0.148 e. The monoisotopic (exact) mass is 303 g/mol. The average molecular weight is 303 g/mol. The molecule has 0 heterocycles. The van der Waals surface area contributed by atoms with Gasteiger partial charge >= 0.3 is 0 Å². The molecule has 19 heavy (non-hydrogen) atoms. The fraction of sp³-hybridized carbons (Fsp3) is 0.538. The normalized spacial score (nSPS) is 15.1. The molecule has 1 N–H and O–H groups in total. The molecule has 1 aromatic carbocycles. The van der Waals surface area contributed by atoms with E-state index in [2.05, 4.69) is 5.32 Å². The molecule has 0 aliphatic carbocycles. The van der Waals surface area contributed by atoms with Crippen LogP contribution in [0.5, 0.6) is 0 Å². The Hall–Kier alpha value is -0.720. The number of hydrogen-bond donors (Lipinski definition) is 1. The molecule has 1 aromatic rings. The maximum atomic E-state index is 11.9. The molecule has 2 unspecified atom stereocenters. The van der Waals surface area contributed by atoms with E-state index < -0.39 is 20.6 Å². The van der Waals surface area contributed by atoms with Crippen molar-refractivity contribution in [2.75, 3.05) is 30.6 Å². The molecule has 0 saturated heterocycles. The van der Waals surface area contributed by atoms with Crippen LogP contribution in [-0.2, 0) is 20.6 Å². The largest absolute Gasteiger partial charge is 0.312 e. The van der Waals surface area contributed by atoms with Gasteiger partial charge in [-0.1, -0.05) is 29.8 Å². The van der Waals surface area contributed by atoms with E-state index in [0.717, 1.165) is 5.56 Å². The van der Waals surface area contributed by atoms with Crippen LogP contribution < -0.4 is 5.32 Å². The zero-order valence-electron chi connectivity index (χ0n) is 11.5. The third-order valence-electron chi connectivity index (χ3n) is 2.86. The molecular formula is C13H21NO3S2. The van der Waals surface area contributed by atoms with Crippen LogP contribution in [0.3, 0.4) is 0 Å². The molecule has 0 aliphatic rings. The second-order valence-corrected chi connectivity index (χ2v) is 8.57. The minimum atomic E-state index is -3.05. The van der Waals surface area contributed by atoms with Crippen LogP contribution in [-0.4, -0.2) is 43.2 Å². The van der Waals surface area contributed by atoms with Crippen LogP contribution in [0.25, 0.3) is 0 Å². The van der Waals surface area contributed by atoms with Gasteiger partial charge in [0.25, 0.3) is 0 Å². The van der Waals surface area contributed by atoms with Gasteiger partial charge in [0.2, 0.25) is 0 Å². The minimum absolute atomic E-state index is 0.0130. The van der Waals surface area contributed by atoms with Crippen molar-refractivity contribution in [1.82, 2.24) is 5.32 Å². The molecular weight excluding hydrogens is 282 g/mol. The quantitative estimate of drug-likeness (QED) is 0.818. The first-order valence-corrected chi connectivity index (χ1v) is 9.63. The first-order chi connectivity index (χ1) is 8.81. The highest BCUT2D eigenvalue weighted by atomic mass is 32.2. The Morgan fingerprint density at radius 1 is 1.26 bits per heavy atom. The number of benzene rings is 1. The zero-order chi connectivity index (χ0) is 14.5. The summed E-state index contributed by atoms with van der Waals surface area (Å²) < 4.78 is 34.0. The smallest absolute Gasteiger partial charge is 0.148 e. The first kappa shape index (κ1) is 16.3. The topological polar surface area (TPSA) is 63.2 Å². The number of rotatable bonds is 7. The van der Waals surface area contributed by atoms with Crippen molar-refractivity contribution >= 4 is 20.6 Å². The predicted octanol–water partition coefficient (Wildman–Crippen LogP) is 1.05. The molecule has 108 valence electrons. The van der Waals surface area contributed by atoms with Crippen LogP contribution in [0, 0.1) is 6.92 Å². The lowest BCUT2D eigenvalue weighted by molar-refractivity contribution is 0.602. The molecule has 0 amide bonds. The molecule has 0 bridgehead atoms. The minimum Gasteiger partial charge on any atom is -0.312 e. The first-order valence-electron chi connectivity index (χ1n) is 6.08. The van der Waals surface area contributed by atoms with Gasteiger partial charge < -0.3 is 5.32 Å². The highest BCUT2D eigenvalue weighted by Gasteiger charge is 2.14. The van der Waals surface area contributed by atoms with Crippen molar-refractivity contribution in [2.45, 2.75) is 13.0 Å². The molecule has 0 fully saturated rings. The van der Waals surface area contributed by atoms with Crippen molar-refractivity contribution in [3.05, 3.63) is 35.4 Å².